The fourth-order valence-corrected chi connectivity index (χ4v) is 4.89. The number of nitrogens with zero attached hydrogens (tertiary/aromatic N) is 3. The lowest BCUT2D eigenvalue weighted by Gasteiger charge is -2.31. The molecule has 11 heteroatoms. The summed E-state index contributed by atoms with van der Waals surface area (Å²) in [6.45, 7) is 0.524. The summed E-state index contributed by atoms with van der Waals surface area (Å²) in [6.07, 6.45) is 1.86. The van der Waals surface area contributed by atoms with Crippen molar-refractivity contribution < 1.29 is 22.7 Å². The second-order valence-corrected chi connectivity index (χ2v) is 8.39. The molecule has 0 saturated heterocycles. The average molecular weight is 437 g/mol. The quantitative estimate of drug-likeness (QED) is 0.746. The Kier molecular flexibility index (Phi) is 5.08. The standard InChI is InChI=1S/C19H18F3N5O2S/c1-8-16(24-6-14(25-8)29-2)17(28)26-9-3-11(15(22)12(21)4-9)19(7-20)10-5-13(10)30-18(23)27-19/h3-4,6,10,13H,5,7H2,1-2H3,(H2,23,27)(H,26,28)/t10-,13+,19+/m1/s1. The normalized spacial score (nSPS) is 24.6. The van der Waals surface area contributed by atoms with Crippen molar-refractivity contribution in [3.8, 4) is 5.88 Å². The van der Waals surface area contributed by atoms with Crippen molar-refractivity contribution >= 4 is 28.5 Å². The molecular formula is C19H18F3N5O2S. The van der Waals surface area contributed by atoms with E-state index in [1.807, 2.05) is 0 Å². The number of fused-ring (bicyclic) bond motifs is 1. The van der Waals surface area contributed by atoms with E-state index in [1.165, 1.54) is 31.1 Å². The molecule has 1 aromatic carbocycles. The average Bonchev–Trinajstić information content (AvgIpc) is 3.49. The fourth-order valence-electron chi connectivity index (χ4n) is 3.67. The number of amides is 1. The summed E-state index contributed by atoms with van der Waals surface area (Å²) < 4.78 is 48.2. The van der Waals surface area contributed by atoms with Crippen molar-refractivity contribution in [1.82, 2.24) is 9.97 Å². The molecule has 2 heterocycles. The van der Waals surface area contributed by atoms with Crippen LogP contribution >= 0.6 is 11.8 Å². The van der Waals surface area contributed by atoms with E-state index in [-0.39, 0.29) is 44.9 Å². The number of rotatable bonds is 5. The minimum atomic E-state index is -1.61. The van der Waals surface area contributed by atoms with Gasteiger partial charge in [0.2, 0.25) is 5.88 Å². The first kappa shape index (κ1) is 20.5. The number of aliphatic imine (C=N–C) groups is 1. The van der Waals surface area contributed by atoms with Crippen molar-refractivity contribution in [2.75, 3.05) is 19.1 Å². The number of hydrogen-bond donors (Lipinski definition) is 2. The summed E-state index contributed by atoms with van der Waals surface area (Å²) in [6, 6.07) is 2.02. The first-order valence-electron chi connectivity index (χ1n) is 9.05. The highest BCUT2D eigenvalue weighted by Gasteiger charge is 2.58. The van der Waals surface area contributed by atoms with Crippen LogP contribution in [0.1, 0.15) is 28.2 Å². The number of anilines is 1. The van der Waals surface area contributed by atoms with E-state index >= 15 is 0 Å². The van der Waals surface area contributed by atoms with Gasteiger partial charge in [-0.25, -0.2) is 28.1 Å². The molecule has 1 fully saturated rings. The largest absolute Gasteiger partial charge is 0.480 e. The van der Waals surface area contributed by atoms with Crippen molar-refractivity contribution in [2.45, 2.75) is 24.1 Å². The Morgan fingerprint density at radius 2 is 2.20 bits per heavy atom. The number of nitrogens with two attached hydrogens (primary N) is 1. The van der Waals surface area contributed by atoms with Crippen molar-refractivity contribution in [1.29, 1.82) is 0 Å². The molecule has 1 aliphatic carbocycles. The number of aryl methyl sites for hydroxylation is 1. The maximum atomic E-state index is 14.7. The molecule has 158 valence electrons. The molecule has 0 bridgehead atoms. The van der Waals surface area contributed by atoms with Gasteiger partial charge in [-0.1, -0.05) is 11.8 Å². The lowest BCUT2D eigenvalue weighted by Crippen LogP contribution is -2.37. The van der Waals surface area contributed by atoms with E-state index in [0.29, 0.717) is 6.42 Å². The van der Waals surface area contributed by atoms with Gasteiger partial charge in [-0.05, 0) is 19.4 Å². The Morgan fingerprint density at radius 3 is 2.87 bits per heavy atom. The number of alkyl halides is 1. The third kappa shape index (κ3) is 3.36. The van der Waals surface area contributed by atoms with Crippen LogP contribution in [-0.4, -0.2) is 40.1 Å². The highest BCUT2D eigenvalue weighted by Crippen LogP contribution is 2.58. The third-order valence-electron chi connectivity index (χ3n) is 5.23. The lowest BCUT2D eigenvalue weighted by atomic mass is 9.85. The van der Waals surface area contributed by atoms with Crippen molar-refractivity contribution in [3.05, 3.63) is 46.9 Å². The van der Waals surface area contributed by atoms with Crippen molar-refractivity contribution in [3.63, 3.8) is 0 Å². The smallest absolute Gasteiger partial charge is 0.276 e. The number of ether oxygens (including phenoxy) is 1. The van der Waals surface area contributed by atoms with E-state index in [4.69, 9.17) is 10.5 Å². The molecule has 3 N–H and O–H groups in total. The molecular weight excluding hydrogens is 419 g/mol. The SMILES string of the molecule is COc1cnc(C(=O)Nc2cc(F)c(F)c([C@@]3(CF)N=C(N)S[C@H]4C[C@H]43)c2)c(C)n1. The summed E-state index contributed by atoms with van der Waals surface area (Å²) in [7, 11) is 1.41. The zero-order valence-corrected chi connectivity index (χ0v) is 16.9. The maximum absolute atomic E-state index is 14.7. The summed E-state index contributed by atoms with van der Waals surface area (Å²) in [5.41, 5.74) is 4.14. The number of thioether (sulfide) groups is 1. The van der Waals surface area contributed by atoms with Gasteiger partial charge in [0.25, 0.3) is 5.91 Å². The molecule has 1 amide bonds. The number of halogens is 3. The van der Waals surface area contributed by atoms with E-state index < -0.39 is 29.8 Å². The van der Waals surface area contributed by atoms with Gasteiger partial charge in [-0.3, -0.25) is 4.79 Å². The molecule has 0 radical (unpaired) electrons. The summed E-state index contributed by atoms with van der Waals surface area (Å²) in [4.78, 5) is 24.8. The van der Waals surface area contributed by atoms with Gasteiger partial charge in [0, 0.05) is 28.5 Å². The fraction of sp³-hybridized carbons (Fsp3) is 0.368. The second kappa shape index (κ2) is 7.46. The monoisotopic (exact) mass is 437 g/mol. The van der Waals surface area contributed by atoms with Crippen LogP contribution < -0.4 is 15.8 Å². The molecule has 3 atom stereocenters. The number of amidine groups is 1. The Bertz CT molecular complexity index is 1070. The number of carbonyl (C=O) groups is 1. The van der Waals surface area contributed by atoms with E-state index in [0.717, 1.165) is 6.07 Å². The first-order valence-corrected chi connectivity index (χ1v) is 9.93. The van der Waals surface area contributed by atoms with Gasteiger partial charge in [-0.2, -0.15) is 0 Å². The van der Waals surface area contributed by atoms with Crippen LogP contribution in [0.3, 0.4) is 0 Å². The van der Waals surface area contributed by atoms with Gasteiger partial charge < -0.3 is 15.8 Å². The third-order valence-corrected chi connectivity index (χ3v) is 6.39. The van der Waals surface area contributed by atoms with E-state index in [1.54, 1.807) is 6.92 Å². The van der Waals surface area contributed by atoms with E-state index in [9.17, 15) is 18.0 Å². The summed E-state index contributed by atoms with van der Waals surface area (Å²) in [5, 5.41) is 2.61. The molecule has 1 saturated carbocycles. The summed E-state index contributed by atoms with van der Waals surface area (Å²) in [5.74, 6) is -3.18. The Hall–Kier alpha value is -2.82. The van der Waals surface area contributed by atoms with E-state index in [2.05, 4.69) is 20.3 Å². The minimum Gasteiger partial charge on any atom is -0.480 e. The predicted molar refractivity (Wildman–Crippen MR) is 106 cm³/mol. The molecule has 2 aromatic rings. The maximum Gasteiger partial charge on any atom is 0.276 e. The Balaban J connectivity index is 1.71. The number of hydrogen-bond acceptors (Lipinski definition) is 7. The van der Waals surface area contributed by atoms with Gasteiger partial charge in [-0.15, -0.1) is 0 Å². The van der Waals surface area contributed by atoms with Crippen LogP contribution in [0.15, 0.2) is 23.3 Å². The molecule has 0 unspecified atom stereocenters. The molecule has 7 nitrogen and oxygen atoms in total. The number of benzene rings is 1. The van der Waals surface area contributed by atoms with Crippen LogP contribution in [0.5, 0.6) is 5.88 Å². The molecule has 1 aromatic heterocycles. The van der Waals surface area contributed by atoms with Gasteiger partial charge in [0.1, 0.15) is 17.9 Å². The number of nitrogens with one attached hydrogen (secondary N) is 1. The Morgan fingerprint density at radius 1 is 1.43 bits per heavy atom. The molecule has 0 spiro atoms. The first-order chi connectivity index (χ1) is 14.3. The lowest BCUT2D eigenvalue weighted by molar-refractivity contribution is 0.102. The van der Waals surface area contributed by atoms with Crippen LogP contribution in [0.2, 0.25) is 0 Å². The van der Waals surface area contributed by atoms with Gasteiger partial charge in [0.15, 0.2) is 16.8 Å². The van der Waals surface area contributed by atoms with Crippen molar-refractivity contribution in [2.24, 2.45) is 16.6 Å². The highest BCUT2D eigenvalue weighted by atomic mass is 32.2. The zero-order chi connectivity index (χ0) is 21.6. The number of methoxy groups -OCH3 is 1. The van der Waals surface area contributed by atoms with Gasteiger partial charge in [0.05, 0.1) is 19.0 Å². The summed E-state index contributed by atoms with van der Waals surface area (Å²) >= 11 is 1.30. The molecule has 30 heavy (non-hydrogen) atoms. The van der Waals surface area contributed by atoms with Crippen LogP contribution in [0.25, 0.3) is 0 Å². The highest BCUT2D eigenvalue weighted by molar-refractivity contribution is 8.14. The molecule has 1 aliphatic heterocycles. The van der Waals surface area contributed by atoms with Crippen LogP contribution in [0.4, 0.5) is 18.9 Å². The number of carbonyl (C=O) groups excluding carboxylic acids is 1. The molecule has 2 aliphatic rings. The topological polar surface area (TPSA) is 102 Å². The minimum absolute atomic E-state index is 0.0104. The Labute approximate surface area is 174 Å². The zero-order valence-electron chi connectivity index (χ0n) is 16.1. The predicted octanol–water partition coefficient (Wildman–Crippen LogP) is 2.94. The van der Waals surface area contributed by atoms with Crippen LogP contribution in [0, 0.1) is 24.5 Å². The molecule has 4 rings (SSSR count). The second-order valence-electron chi connectivity index (χ2n) is 7.13. The number of aromatic nitrogens is 2. The van der Waals surface area contributed by atoms with Crippen LogP contribution in [-0.2, 0) is 5.54 Å². The van der Waals surface area contributed by atoms with Gasteiger partial charge >= 0.3 is 0 Å².